The van der Waals surface area contributed by atoms with Crippen LogP contribution in [0.5, 0.6) is 0 Å². The molecule has 0 saturated heterocycles. The zero-order valence-corrected chi connectivity index (χ0v) is 18.5. The summed E-state index contributed by atoms with van der Waals surface area (Å²) in [7, 11) is 1.79. The SMILES string of the molecule is CCOC(=O)c1c(C2CC2)csc1NC(=O)COC(=O)c1csc(-c2cnn(C)c2)n1. The predicted octanol–water partition coefficient (Wildman–Crippen LogP) is 3.45. The lowest BCUT2D eigenvalue weighted by Gasteiger charge is -2.08. The molecule has 31 heavy (non-hydrogen) atoms. The molecule has 1 saturated carbocycles. The molecule has 11 heteroatoms. The second-order valence-electron chi connectivity index (χ2n) is 6.95. The summed E-state index contributed by atoms with van der Waals surface area (Å²) in [6, 6.07) is 0. The maximum absolute atomic E-state index is 12.4. The first kappa shape index (κ1) is 21.2. The molecule has 0 aromatic carbocycles. The molecule has 1 N–H and O–H groups in total. The summed E-state index contributed by atoms with van der Waals surface area (Å²) in [5.74, 6) is -1.36. The summed E-state index contributed by atoms with van der Waals surface area (Å²) in [6.45, 7) is 1.49. The van der Waals surface area contributed by atoms with Gasteiger partial charge in [0.05, 0.1) is 18.4 Å². The average molecular weight is 461 g/mol. The number of carbonyl (C=O) groups excluding carboxylic acids is 3. The van der Waals surface area contributed by atoms with Crippen molar-refractivity contribution in [1.29, 1.82) is 0 Å². The van der Waals surface area contributed by atoms with Crippen molar-refractivity contribution in [1.82, 2.24) is 14.8 Å². The predicted molar refractivity (Wildman–Crippen MR) is 115 cm³/mol. The van der Waals surface area contributed by atoms with E-state index < -0.39 is 24.5 Å². The number of hydrogen-bond donors (Lipinski definition) is 1. The quantitative estimate of drug-likeness (QED) is 0.512. The maximum atomic E-state index is 12.4. The van der Waals surface area contributed by atoms with E-state index in [2.05, 4.69) is 15.4 Å². The number of rotatable bonds is 8. The van der Waals surface area contributed by atoms with Crippen molar-refractivity contribution in [3.8, 4) is 10.6 Å². The lowest BCUT2D eigenvalue weighted by molar-refractivity contribution is -0.119. The zero-order chi connectivity index (χ0) is 22.0. The van der Waals surface area contributed by atoms with E-state index in [1.165, 1.54) is 22.7 Å². The third kappa shape index (κ3) is 4.83. The molecule has 9 nitrogen and oxygen atoms in total. The first-order chi connectivity index (χ1) is 15.0. The van der Waals surface area contributed by atoms with Crippen molar-refractivity contribution in [2.24, 2.45) is 7.05 Å². The summed E-state index contributed by atoms with van der Waals surface area (Å²) in [6.07, 6.45) is 5.48. The van der Waals surface area contributed by atoms with Gasteiger partial charge >= 0.3 is 11.9 Å². The highest BCUT2D eigenvalue weighted by atomic mass is 32.1. The lowest BCUT2D eigenvalue weighted by atomic mass is 10.1. The van der Waals surface area contributed by atoms with Crippen LogP contribution in [0.1, 0.15) is 52.1 Å². The number of esters is 2. The monoisotopic (exact) mass is 460 g/mol. The molecular weight excluding hydrogens is 440 g/mol. The van der Waals surface area contributed by atoms with E-state index in [4.69, 9.17) is 9.47 Å². The van der Waals surface area contributed by atoms with Gasteiger partial charge in [-0.2, -0.15) is 5.10 Å². The molecule has 4 rings (SSSR count). The molecule has 0 spiro atoms. The van der Waals surface area contributed by atoms with Crippen molar-refractivity contribution < 1.29 is 23.9 Å². The molecule has 0 unspecified atom stereocenters. The molecular formula is C20H20N4O5S2. The van der Waals surface area contributed by atoms with Crippen LogP contribution in [0.3, 0.4) is 0 Å². The number of thiophene rings is 1. The molecule has 1 aliphatic rings. The third-order valence-electron chi connectivity index (χ3n) is 4.57. The maximum Gasteiger partial charge on any atom is 0.358 e. The van der Waals surface area contributed by atoms with E-state index >= 15 is 0 Å². The Balaban J connectivity index is 1.37. The number of nitrogens with one attached hydrogen (secondary N) is 1. The molecule has 1 aliphatic carbocycles. The van der Waals surface area contributed by atoms with E-state index in [0.717, 1.165) is 24.0 Å². The fraction of sp³-hybridized carbons (Fsp3) is 0.350. The number of anilines is 1. The Hall–Kier alpha value is -3.05. The van der Waals surface area contributed by atoms with Gasteiger partial charge in [-0.1, -0.05) is 0 Å². The molecule has 0 aliphatic heterocycles. The van der Waals surface area contributed by atoms with Crippen molar-refractivity contribution in [3.05, 3.63) is 40.0 Å². The molecule has 0 atom stereocenters. The van der Waals surface area contributed by atoms with Crippen LogP contribution in [-0.2, 0) is 21.3 Å². The number of aromatic nitrogens is 3. The van der Waals surface area contributed by atoms with E-state index in [0.29, 0.717) is 21.5 Å². The van der Waals surface area contributed by atoms with Gasteiger partial charge in [0.1, 0.15) is 10.0 Å². The average Bonchev–Trinajstić information content (AvgIpc) is 3.13. The minimum Gasteiger partial charge on any atom is -0.462 e. The largest absolute Gasteiger partial charge is 0.462 e. The van der Waals surface area contributed by atoms with E-state index in [-0.39, 0.29) is 12.3 Å². The minimum atomic E-state index is -0.697. The molecule has 3 aromatic heterocycles. The van der Waals surface area contributed by atoms with Crippen molar-refractivity contribution in [2.75, 3.05) is 18.5 Å². The van der Waals surface area contributed by atoms with Crippen LogP contribution >= 0.6 is 22.7 Å². The second-order valence-corrected chi connectivity index (χ2v) is 8.69. The highest BCUT2D eigenvalue weighted by Gasteiger charge is 2.32. The first-order valence-corrected chi connectivity index (χ1v) is 11.4. The van der Waals surface area contributed by atoms with Crippen molar-refractivity contribution in [2.45, 2.75) is 25.7 Å². The molecule has 0 radical (unpaired) electrons. The summed E-state index contributed by atoms with van der Waals surface area (Å²) in [4.78, 5) is 41.2. The number of aryl methyl sites for hydroxylation is 1. The Kier molecular flexibility index (Phi) is 6.14. The van der Waals surface area contributed by atoms with Gasteiger partial charge in [-0.15, -0.1) is 22.7 Å². The lowest BCUT2D eigenvalue weighted by Crippen LogP contribution is -2.22. The summed E-state index contributed by atoms with van der Waals surface area (Å²) in [5, 5.41) is 11.2. The van der Waals surface area contributed by atoms with Crippen LogP contribution < -0.4 is 5.32 Å². The topological polar surface area (TPSA) is 112 Å². The fourth-order valence-corrected chi connectivity index (χ4v) is 4.78. The first-order valence-electron chi connectivity index (χ1n) is 9.66. The van der Waals surface area contributed by atoms with Crippen LogP contribution in [0.2, 0.25) is 0 Å². The number of carbonyl (C=O) groups is 3. The normalized spacial score (nSPS) is 13.1. The van der Waals surface area contributed by atoms with Gasteiger partial charge in [0.15, 0.2) is 12.3 Å². The highest BCUT2D eigenvalue weighted by Crippen LogP contribution is 2.46. The molecule has 3 aromatic rings. The summed E-state index contributed by atoms with van der Waals surface area (Å²) in [5.41, 5.74) is 2.21. The molecule has 3 heterocycles. The van der Waals surface area contributed by atoms with Gasteiger partial charge in [-0.05, 0) is 36.6 Å². The number of ether oxygens (including phenoxy) is 2. The Morgan fingerprint density at radius 2 is 2.00 bits per heavy atom. The summed E-state index contributed by atoms with van der Waals surface area (Å²) >= 11 is 2.56. The minimum absolute atomic E-state index is 0.121. The number of amides is 1. The molecule has 162 valence electrons. The van der Waals surface area contributed by atoms with Gasteiger partial charge in [-0.25, -0.2) is 14.6 Å². The molecule has 1 amide bonds. The van der Waals surface area contributed by atoms with Crippen LogP contribution in [0, 0.1) is 0 Å². The fourth-order valence-electron chi connectivity index (χ4n) is 2.97. The standard InChI is InChI=1S/C20H20N4O5S2/c1-3-28-20(27)16-13(11-4-5-11)9-30-18(16)23-15(25)8-29-19(26)14-10-31-17(22-14)12-6-21-24(2)7-12/h6-7,9-11H,3-5,8H2,1-2H3,(H,23,25). The van der Waals surface area contributed by atoms with Gasteiger partial charge in [-0.3, -0.25) is 9.48 Å². The van der Waals surface area contributed by atoms with E-state index in [1.807, 2.05) is 5.38 Å². The smallest absolute Gasteiger partial charge is 0.358 e. The Morgan fingerprint density at radius 1 is 1.19 bits per heavy atom. The van der Waals surface area contributed by atoms with Gasteiger partial charge in [0.2, 0.25) is 0 Å². The number of hydrogen-bond acceptors (Lipinski definition) is 9. The number of thiazole rings is 1. The number of nitrogens with zero attached hydrogens (tertiary/aromatic N) is 3. The van der Waals surface area contributed by atoms with E-state index in [9.17, 15) is 14.4 Å². The second kappa shape index (κ2) is 8.98. The molecule has 0 bridgehead atoms. The van der Waals surface area contributed by atoms with Crippen LogP contribution in [-0.4, -0.2) is 45.8 Å². The van der Waals surface area contributed by atoms with Gasteiger partial charge in [0.25, 0.3) is 5.91 Å². The van der Waals surface area contributed by atoms with E-state index in [1.54, 1.807) is 36.4 Å². The Bertz CT molecular complexity index is 1130. The van der Waals surface area contributed by atoms with Crippen molar-refractivity contribution in [3.63, 3.8) is 0 Å². The Labute approximate surface area is 186 Å². The Morgan fingerprint density at radius 3 is 2.68 bits per heavy atom. The zero-order valence-electron chi connectivity index (χ0n) is 16.9. The van der Waals surface area contributed by atoms with Crippen LogP contribution in [0.4, 0.5) is 5.00 Å². The third-order valence-corrected chi connectivity index (χ3v) is 6.37. The van der Waals surface area contributed by atoms with Gasteiger partial charge in [0, 0.05) is 24.2 Å². The van der Waals surface area contributed by atoms with Crippen LogP contribution in [0.15, 0.2) is 23.2 Å². The van der Waals surface area contributed by atoms with Crippen LogP contribution in [0.25, 0.3) is 10.6 Å². The van der Waals surface area contributed by atoms with Crippen molar-refractivity contribution >= 4 is 45.5 Å². The highest BCUT2D eigenvalue weighted by molar-refractivity contribution is 7.15. The van der Waals surface area contributed by atoms with Gasteiger partial charge < -0.3 is 14.8 Å². The molecule has 1 fully saturated rings. The summed E-state index contributed by atoms with van der Waals surface area (Å²) < 4.78 is 11.9.